The number of nitrogens with zero attached hydrogens (tertiary/aromatic N) is 3. The topological polar surface area (TPSA) is 65.1 Å². The van der Waals surface area contributed by atoms with Gasteiger partial charge in [0.1, 0.15) is 6.07 Å². The van der Waals surface area contributed by atoms with Gasteiger partial charge in [-0.25, -0.2) is 4.98 Å². The molecular weight excluding hydrogens is 216 g/mol. The van der Waals surface area contributed by atoms with Crippen LogP contribution in [0.1, 0.15) is 36.8 Å². The van der Waals surface area contributed by atoms with Crippen molar-refractivity contribution in [2.24, 2.45) is 0 Å². The molecule has 5 nitrogen and oxygen atoms in total. The zero-order chi connectivity index (χ0) is 11.7. The van der Waals surface area contributed by atoms with E-state index in [4.69, 9.17) is 9.68 Å². The number of nitriles is 1. The summed E-state index contributed by atoms with van der Waals surface area (Å²) in [6.45, 7) is 3.64. The molecule has 0 atom stereocenters. The Morgan fingerprint density at radius 3 is 2.71 bits per heavy atom. The molecule has 0 amide bonds. The van der Waals surface area contributed by atoms with Crippen LogP contribution in [0.25, 0.3) is 0 Å². The smallest absolute Gasteiger partial charge is 0.234 e. The Bertz CT molecular complexity index is 438. The lowest BCUT2D eigenvalue weighted by atomic mass is 9.85. The van der Waals surface area contributed by atoms with Crippen molar-refractivity contribution < 1.29 is 4.42 Å². The Kier molecular flexibility index (Phi) is 2.73. The number of rotatable bonds is 2. The summed E-state index contributed by atoms with van der Waals surface area (Å²) in [5.41, 5.74) is 0.453. The van der Waals surface area contributed by atoms with Crippen molar-refractivity contribution in [1.29, 1.82) is 5.26 Å². The van der Waals surface area contributed by atoms with E-state index in [-0.39, 0.29) is 0 Å². The SMILES string of the molecule is N#Cc1nc(C2CCC2)oc1N1CCNCC1. The highest BCUT2D eigenvalue weighted by molar-refractivity contribution is 5.48. The minimum atomic E-state index is 0.443. The summed E-state index contributed by atoms with van der Waals surface area (Å²) in [7, 11) is 0. The number of hydrogen-bond donors (Lipinski definition) is 1. The maximum Gasteiger partial charge on any atom is 0.234 e. The molecule has 0 spiro atoms. The van der Waals surface area contributed by atoms with Gasteiger partial charge in [-0.1, -0.05) is 6.42 Å². The molecule has 1 N–H and O–H groups in total. The van der Waals surface area contributed by atoms with Crippen molar-refractivity contribution in [1.82, 2.24) is 10.3 Å². The largest absolute Gasteiger partial charge is 0.423 e. The second-order valence-corrected chi connectivity index (χ2v) is 4.68. The third kappa shape index (κ3) is 1.89. The Hall–Kier alpha value is -1.54. The summed E-state index contributed by atoms with van der Waals surface area (Å²) >= 11 is 0. The van der Waals surface area contributed by atoms with Crippen molar-refractivity contribution in [2.75, 3.05) is 31.1 Å². The minimum absolute atomic E-state index is 0.443. The monoisotopic (exact) mass is 232 g/mol. The molecule has 1 aliphatic carbocycles. The first-order valence-corrected chi connectivity index (χ1v) is 6.25. The Morgan fingerprint density at radius 2 is 2.12 bits per heavy atom. The van der Waals surface area contributed by atoms with E-state index in [0.29, 0.717) is 17.5 Å². The third-order valence-electron chi connectivity index (χ3n) is 3.59. The molecule has 1 saturated carbocycles. The van der Waals surface area contributed by atoms with Crippen LogP contribution in [0.3, 0.4) is 0 Å². The lowest BCUT2D eigenvalue weighted by Gasteiger charge is -2.27. The van der Waals surface area contributed by atoms with Crippen molar-refractivity contribution in [3.8, 4) is 6.07 Å². The van der Waals surface area contributed by atoms with Crippen LogP contribution >= 0.6 is 0 Å². The van der Waals surface area contributed by atoms with E-state index >= 15 is 0 Å². The van der Waals surface area contributed by atoms with Gasteiger partial charge in [-0.15, -0.1) is 0 Å². The van der Waals surface area contributed by atoms with E-state index < -0.39 is 0 Å². The second kappa shape index (κ2) is 4.38. The highest BCUT2D eigenvalue weighted by Gasteiger charge is 2.28. The lowest BCUT2D eigenvalue weighted by molar-refractivity contribution is 0.334. The van der Waals surface area contributed by atoms with Crippen molar-refractivity contribution >= 4 is 5.88 Å². The fourth-order valence-corrected chi connectivity index (χ4v) is 2.31. The number of anilines is 1. The predicted molar refractivity (Wildman–Crippen MR) is 62.9 cm³/mol. The quantitative estimate of drug-likeness (QED) is 0.830. The van der Waals surface area contributed by atoms with Gasteiger partial charge in [0.2, 0.25) is 17.5 Å². The Morgan fingerprint density at radius 1 is 1.35 bits per heavy atom. The molecule has 2 heterocycles. The molecule has 1 aliphatic heterocycles. The highest BCUT2D eigenvalue weighted by Crippen LogP contribution is 2.38. The van der Waals surface area contributed by atoms with Crippen LogP contribution in [-0.2, 0) is 0 Å². The highest BCUT2D eigenvalue weighted by atomic mass is 16.4. The number of oxazole rings is 1. The normalized spacial score (nSPS) is 21.0. The zero-order valence-corrected chi connectivity index (χ0v) is 9.78. The summed E-state index contributed by atoms with van der Waals surface area (Å²) in [4.78, 5) is 6.45. The van der Waals surface area contributed by atoms with E-state index in [1.807, 2.05) is 0 Å². The number of nitrogens with one attached hydrogen (secondary N) is 1. The van der Waals surface area contributed by atoms with Crippen LogP contribution < -0.4 is 10.2 Å². The Balaban J connectivity index is 1.86. The first-order chi connectivity index (χ1) is 8.38. The van der Waals surface area contributed by atoms with Crippen molar-refractivity contribution in [3.05, 3.63) is 11.6 Å². The molecule has 1 aromatic heterocycles. The van der Waals surface area contributed by atoms with E-state index in [9.17, 15) is 0 Å². The molecule has 0 unspecified atom stereocenters. The van der Waals surface area contributed by atoms with Crippen LogP contribution in [0.15, 0.2) is 4.42 Å². The maximum atomic E-state index is 9.12. The maximum absolute atomic E-state index is 9.12. The van der Waals surface area contributed by atoms with Gasteiger partial charge in [0, 0.05) is 32.1 Å². The third-order valence-corrected chi connectivity index (χ3v) is 3.59. The fourth-order valence-electron chi connectivity index (χ4n) is 2.31. The minimum Gasteiger partial charge on any atom is -0.423 e. The van der Waals surface area contributed by atoms with Gasteiger partial charge in [-0.2, -0.15) is 5.26 Å². The molecule has 2 fully saturated rings. The van der Waals surface area contributed by atoms with Gasteiger partial charge in [0.05, 0.1) is 0 Å². The summed E-state index contributed by atoms with van der Waals surface area (Å²) in [6.07, 6.45) is 3.54. The van der Waals surface area contributed by atoms with E-state index in [0.717, 1.165) is 44.9 Å². The molecule has 0 aromatic carbocycles. The van der Waals surface area contributed by atoms with E-state index in [2.05, 4.69) is 21.3 Å². The van der Waals surface area contributed by atoms with E-state index in [1.54, 1.807) is 0 Å². The molecule has 1 aromatic rings. The van der Waals surface area contributed by atoms with Crippen molar-refractivity contribution in [3.63, 3.8) is 0 Å². The average Bonchev–Trinajstić information content (AvgIpc) is 2.72. The molecular formula is C12H16N4O. The van der Waals surface area contributed by atoms with Crippen LogP contribution in [0.4, 0.5) is 5.88 Å². The molecule has 3 rings (SSSR count). The summed E-state index contributed by atoms with van der Waals surface area (Å²) < 4.78 is 5.81. The number of piperazine rings is 1. The Labute approximate surface area is 100 Å². The summed E-state index contributed by atoms with van der Waals surface area (Å²) in [5, 5.41) is 12.4. The first kappa shape index (κ1) is 10.6. The van der Waals surface area contributed by atoms with Crippen LogP contribution in [0.5, 0.6) is 0 Å². The van der Waals surface area contributed by atoms with Gasteiger partial charge in [0.15, 0.2) is 0 Å². The van der Waals surface area contributed by atoms with Gasteiger partial charge < -0.3 is 14.6 Å². The van der Waals surface area contributed by atoms with Crippen LogP contribution in [0.2, 0.25) is 0 Å². The molecule has 90 valence electrons. The summed E-state index contributed by atoms with van der Waals surface area (Å²) in [6, 6.07) is 2.15. The average molecular weight is 232 g/mol. The van der Waals surface area contributed by atoms with Gasteiger partial charge in [-0.05, 0) is 12.8 Å². The first-order valence-electron chi connectivity index (χ1n) is 6.25. The standard InChI is InChI=1S/C12H16N4O/c13-8-10-12(16-6-4-14-5-7-16)17-11(15-10)9-2-1-3-9/h9,14H,1-7H2. The predicted octanol–water partition coefficient (Wildman–Crippen LogP) is 1.22. The van der Waals surface area contributed by atoms with Gasteiger partial charge in [-0.3, -0.25) is 0 Å². The molecule has 2 aliphatic rings. The summed E-state index contributed by atoms with van der Waals surface area (Å²) in [5.74, 6) is 1.89. The number of aromatic nitrogens is 1. The van der Waals surface area contributed by atoms with E-state index in [1.165, 1.54) is 6.42 Å². The molecule has 0 bridgehead atoms. The van der Waals surface area contributed by atoms with Crippen LogP contribution in [0, 0.1) is 11.3 Å². The second-order valence-electron chi connectivity index (χ2n) is 4.68. The number of hydrogen-bond acceptors (Lipinski definition) is 5. The lowest BCUT2D eigenvalue weighted by Crippen LogP contribution is -2.43. The molecule has 1 saturated heterocycles. The van der Waals surface area contributed by atoms with Gasteiger partial charge >= 0.3 is 0 Å². The molecule has 17 heavy (non-hydrogen) atoms. The van der Waals surface area contributed by atoms with Gasteiger partial charge in [0.25, 0.3) is 0 Å². The fraction of sp³-hybridized carbons (Fsp3) is 0.667. The zero-order valence-electron chi connectivity index (χ0n) is 9.78. The molecule has 5 heteroatoms. The van der Waals surface area contributed by atoms with Crippen LogP contribution in [-0.4, -0.2) is 31.2 Å². The molecule has 0 radical (unpaired) electrons. The van der Waals surface area contributed by atoms with Crippen molar-refractivity contribution in [2.45, 2.75) is 25.2 Å².